The molecule has 0 fully saturated rings. The third-order valence-electron chi connectivity index (χ3n) is 6.97. The average molecular weight is 542 g/mol. The second kappa shape index (κ2) is 10.3. The lowest BCUT2D eigenvalue weighted by molar-refractivity contribution is 0.469. The van der Waals surface area contributed by atoms with Crippen LogP contribution in [-0.4, -0.2) is 35.2 Å². The largest absolute Gasteiger partial charge is 0.508 e. The Hall–Kier alpha value is -5.41. The molecule has 0 atom stereocenters. The van der Waals surface area contributed by atoms with Crippen LogP contribution in [0.3, 0.4) is 0 Å². The van der Waals surface area contributed by atoms with Crippen LogP contribution in [0.4, 0.5) is 4.39 Å². The second-order valence-corrected chi connectivity index (χ2v) is 9.84. The molecular formula is C32H24FN7O. The van der Waals surface area contributed by atoms with Gasteiger partial charge in [-0.25, -0.2) is 9.37 Å². The van der Waals surface area contributed by atoms with Crippen LogP contribution >= 0.6 is 0 Å². The van der Waals surface area contributed by atoms with Crippen molar-refractivity contribution in [2.45, 2.75) is 13.1 Å². The van der Waals surface area contributed by atoms with E-state index in [2.05, 4.69) is 54.7 Å². The van der Waals surface area contributed by atoms with E-state index in [1.54, 1.807) is 12.3 Å². The summed E-state index contributed by atoms with van der Waals surface area (Å²) in [6.07, 6.45) is 5.36. The minimum Gasteiger partial charge on any atom is -0.508 e. The Balaban J connectivity index is 1.21. The smallest absolute Gasteiger partial charge is 0.159 e. The van der Waals surface area contributed by atoms with Gasteiger partial charge in [0, 0.05) is 54.3 Å². The van der Waals surface area contributed by atoms with Gasteiger partial charge >= 0.3 is 0 Å². The molecule has 9 heteroatoms. The van der Waals surface area contributed by atoms with Crippen molar-refractivity contribution < 1.29 is 9.50 Å². The molecule has 0 aliphatic carbocycles. The van der Waals surface area contributed by atoms with Crippen molar-refractivity contribution in [2.24, 2.45) is 0 Å². The maximum Gasteiger partial charge on any atom is 0.159 e. The summed E-state index contributed by atoms with van der Waals surface area (Å²) in [6.45, 7) is 1.48. The van der Waals surface area contributed by atoms with E-state index >= 15 is 0 Å². The Morgan fingerprint density at radius 3 is 2.54 bits per heavy atom. The van der Waals surface area contributed by atoms with Crippen molar-refractivity contribution in [2.75, 3.05) is 0 Å². The molecule has 0 radical (unpaired) electrons. The van der Waals surface area contributed by atoms with Crippen LogP contribution in [0.5, 0.6) is 5.75 Å². The minimum absolute atomic E-state index is 0.175. The first-order valence-electron chi connectivity index (χ1n) is 13.1. The molecule has 41 heavy (non-hydrogen) atoms. The Bertz CT molecular complexity index is 2000. The summed E-state index contributed by atoms with van der Waals surface area (Å²) >= 11 is 0. The predicted octanol–water partition coefficient (Wildman–Crippen LogP) is 6.36. The Labute approximate surface area is 234 Å². The molecule has 4 aromatic heterocycles. The molecule has 7 aromatic rings. The van der Waals surface area contributed by atoms with E-state index < -0.39 is 5.82 Å². The number of fused-ring (bicyclic) bond motifs is 2. The lowest BCUT2D eigenvalue weighted by Gasteiger charge is -2.07. The van der Waals surface area contributed by atoms with Gasteiger partial charge in [0.2, 0.25) is 0 Å². The zero-order valence-corrected chi connectivity index (χ0v) is 21.8. The number of aromatic nitrogens is 6. The maximum atomic E-state index is 14.0. The number of pyridine rings is 2. The molecule has 4 N–H and O–H groups in total. The molecule has 200 valence electrons. The standard InChI is InChI=1S/C32H24FN7O/c33-24-11-22(12-25(41)14-24)29-31-28(8-9-36-29)37-32(38-31)30-26-13-21(6-7-27(26)39-40-30)23-10-20(17-35-18-23)16-34-15-19-4-2-1-3-5-19/h1-14,17-18,34,41H,15-16H2,(H,37,38)(H,39,40). The normalized spacial score (nSPS) is 11.4. The van der Waals surface area contributed by atoms with Gasteiger partial charge in [0.05, 0.1) is 16.7 Å². The van der Waals surface area contributed by atoms with Crippen molar-refractivity contribution >= 4 is 21.9 Å². The Morgan fingerprint density at radius 2 is 1.66 bits per heavy atom. The van der Waals surface area contributed by atoms with Gasteiger partial charge in [-0.15, -0.1) is 0 Å². The first-order valence-corrected chi connectivity index (χ1v) is 13.1. The van der Waals surface area contributed by atoms with Gasteiger partial charge in [-0.1, -0.05) is 36.4 Å². The molecule has 0 aliphatic rings. The van der Waals surface area contributed by atoms with Crippen LogP contribution in [-0.2, 0) is 13.1 Å². The summed E-state index contributed by atoms with van der Waals surface area (Å²) < 4.78 is 14.0. The summed E-state index contributed by atoms with van der Waals surface area (Å²) in [5.41, 5.74) is 8.02. The van der Waals surface area contributed by atoms with Gasteiger partial charge in [-0.05, 0) is 53.1 Å². The third kappa shape index (κ3) is 4.90. The van der Waals surface area contributed by atoms with E-state index in [0.29, 0.717) is 34.8 Å². The SMILES string of the molecule is Oc1cc(F)cc(-c2nccc3[nH]c(-c4n[nH]c5ccc(-c6cncc(CNCc7ccccc7)c6)cc45)nc23)c1. The predicted molar refractivity (Wildman–Crippen MR) is 156 cm³/mol. The van der Waals surface area contributed by atoms with Crippen LogP contribution in [0.15, 0.2) is 97.5 Å². The van der Waals surface area contributed by atoms with Crippen molar-refractivity contribution in [1.29, 1.82) is 0 Å². The van der Waals surface area contributed by atoms with Crippen molar-refractivity contribution in [3.05, 3.63) is 114 Å². The number of halogens is 1. The van der Waals surface area contributed by atoms with Crippen LogP contribution in [0.25, 0.3) is 55.8 Å². The number of aromatic amines is 2. The Morgan fingerprint density at radius 1 is 0.780 bits per heavy atom. The van der Waals surface area contributed by atoms with Crippen LogP contribution < -0.4 is 5.32 Å². The maximum absolute atomic E-state index is 14.0. The molecule has 0 unspecified atom stereocenters. The van der Waals surface area contributed by atoms with Gasteiger partial charge in [0.1, 0.15) is 22.8 Å². The number of H-pyrrole nitrogens is 2. The van der Waals surface area contributed by atoms with Gasteiger partial charge < -0.3 is 15.4 Å². The first-order chi connectivity index (χ1) is 20.1. The van der Waals surface area contributed by atoms with E-state index in [4.69, 9.17) is 4.98 Å². The first kappa shape index (κ1) is 24.6. The van der Waals surface area contributed by atoms with Gasteiger partial charge in [0.15, 0.2) is 5.82 Å². The van der Waals surface area contributed by atoms with Gasteiger partial charge in [-0.2, -0.15) is 5.10 Å². The average Bonchev–Trinajstić information content (AvgIpc) is 3.61. The summed E-state index contributed by atoms with van der Waals surface area (Å²) in [7, 11) is 0. The number of phenolic OH excluding ortho intramolecular Hbond substituents is 1. The molecule has 3 aromatic carbocycles. The van der Waals surface area contributed by atoms with E-state index in [-0.39, 0.29) is 5.75 Å². The third-order valence-corrected chi connectivity index (χ3v) is 6.97. The summed E-state index contributed by atoms with van der Waals surface area (Å²) in [5.74, 6) is -0.174. The van der Waals surface area contributed by atoms with Crippen molar-refractivity contribution in [1.82, 2.24) is 35.5 Å². The number of hydrogen-bond acceptors (Lipinski definition) is 6. The fourth-order valence-electron chi connectivity index (χ4n) is 5.03. The monoisotopic (exact) mass is 541 g/mol. The van der Waals surface area contributed by atoms with E-state index in [9.17, 15) is 9.50 Å². The fourth-order valence-corrected chi connectivity index (χ4v) is 5.03. The molecule has 0 saturated carbocycles. The van der Waals surface area contributed by atoms with E-state index in [1.165, 1.54) is 17.7 Å². The van der Waals surface area contributed by atoms with E-state index in [1.807, 2.05) is 42.7 Å². The summed E-state index contributed by atoms with van der Waals surface area (Å²) in [6, 6.07) is 24.2. The zero-order valence-electron chi connectivity index (χ0n) is 21.8. The number of phenols is 1. The van der Waals surface area contributed by atoms with Crippen LogP contribution in [0, 0.1) is 5.82 Å². The molecule has 7 rings (SSSR count). The van der Waals surface area contributed by atoms with Crippen LogP contribution in [0.1, 0.15) is 11.1 Å². The highest BCUT2D eigenvalue weighted by molar-refractivity contribution is 5.97. The second-order valence-electron chi connectivity index (χ2n) is 9.84. The molecule has 8 nitrogen and oxygen atoms in total. The quantitative estimate of drug-likeness (QED) is 0.187. The molecule has 0 aliphatic heterocycles. The molecular weight excluding hydrogens is 517 g/mol. The van der Waals surface area contributed by atoms with Crippen molar-refractivity contribution in [3.8, 4) is 39.7 Å². The topological polar surface area (TPSA) is 115 Å². The number of benzene rings is 3. The molecule has 0 spiro atoms. The number of aromatic hydroxyl groups is 1. The highest BCUT2D eigenvalue weighted by Gasteiger charge is 2.17. The van der Waals surface area contributed by atoms with E-state index in [0.717, 1.165) is 45.7 Å². The minimum atomic E-state index is -0.550. The zero-order chi connectivity index (χ0) is 27.8. The lowest BCUT2D eigenvalue weighted by atomic mass is 10.0. The van der Waals surface area contributed by atoms with Crippen molar-refractivity contribution in [3.63, 3.8) is 0 Å². The molecule has 0 bridgehead atoms. The summed E-state index contributed by atoms with van der Waals surface area (Å²) in [5, 5.41) is 21.9. The number of rotatable bonds is 7. The fraction of sp³-hybridized carbons (Fsp3) is 0.0625. The van der Waals surface area contributed by atoms with Gasteiger partial charge in [-0.3, -0.25) is 15.1 Å². The number of nitrogens with one attached hydrogen (secondary N) is 3. The number of hydrogen-bond donors (Lipinski definition) is 4. The molecule has 0 amide bonds. The number of nitrogens with zero attached hydrogens (tertiary/aromatic N) is 4. The van der Waals surface area contributed by atoms with Crippen LogP contribution in [0.2, 0.25) is 0 Å². The van der Waals surface area contributed by atoms with Gasteiger partial charge in [0.25, 0.3) is 0 Å². The molecule has 0 saturated heterocycles. The lowest BCUT2D eigenvalue weighted by Crippen LogP contribution is -2.12. The highest BCUT2D eigenvalue weighted by atomic mass is 19.1. The Kier molecular flexibility index (Phi) is 6.18. The molecule has 4 heterocycles. The highest BCUT2D eigenvalue weighted by Crippen LogP contribution is 2.33. The summed E-state index contributed by atoms with van der Waals surface area (Å²) in [4.78, 5) is 17.0. The number of imidazole rings is 1.